The highest BCUT2D eigenvalue weighted by Crippen LogP contribution is 2.20. The Labute approximate surface area is 116 Å². The molecule has 3 nitrogen and oxygen atoms in total. The summed E-state index contributed by atoms with van der Waals surface area (Å²) in [6, 6.07) is 4.80. The van der Waals surface area contributed by atoms with Crippen molar-refractivity contribution in [2.24, 2.45) is 0 Å². The van der Waals surface area contributed by atoms with Gasteiger partial charge in [-0.1, -0.05) is 0 Å². The van der Waals surface area contributed by atoms with Gasteiger partial charge >= 0.3 is 0 Å². The van der Waals surface area contributed by atoms with Gasteiger partial charge in [0.2, 0.25) is 0 Å². The van der Waals surface area contributed by atoms with Crippen molar-refractivity contribution in [2.75, 3.05) is 32.1 Å². The van der Waals surface area contributed by atoms with Crippen molar-refractivity contribution in [1.82, 2.24) is 9.88 Å². The Balaban J connectivity index is 0.00000128. The zero-order valence-corrected chi connectivity index (χ0v) is 12.0. The third kappa shape index (κ3) is 4.34. The smallest absolute Gasteiger partial charge is 0.0552 e. The van der Waals surface area contributed by atoms with Crippen LogP contribution in [0.5, 0.6) is 0 Å². The zero-order valence-electron chi connectivity index (χ0n) is 10.4. The molecule has 0 amide bonds. The maximum Gasteiger partial charge on any atom is 0.0552 e. The number of aromatic nitrogens is 1. The number of halogens is 2. The van der Waals surface area contributed by atoms with E-state index in [0.717, 1.165) is 0 Å². The Morgan fingerprint density at radius 1 is 1.29 bits per heavy atom. The lowest BCUT2D eigenvalue weighted by atomic mass is 10.0. The maximum atomic E-state index is 4.16. The summed E-state index contributed by atoms with van der Waals surface area (Å²) in [5, 5.41) is 0. The van der Waals surface area contributed by atoms with Crippen LogP contribution < -0.4 is 4.90 Å². The van der Waals surface area contributed by atoms with E-state index >= 15 is 0 Å². The van der Waals surface area contributed by atoms with Gasteiger partial charge < -0.3 is 9.80 Å². The minimum absolute atomic E-state index is 0. The fraction of sp³-hybridized carbons (Fsp3) is 0.583. The quantitative estimate of drug-likeness (QED) is 0.828. The van der Waals surface area contributed by atoms with Gasteiger partial charge in [-0.3, -0.25) is 4.98 Å². The monoisotopic (exact) mass is 277 g/mol. The lowest BCUT2D eigenvalue weighted by molar-refractivity contribution is 0.253. The molecule has 1 fully saturated rings. The molecule has 1 aromatic rings. The van der Waals surface area contributed by atoms with E-state index in [1.54, 1.807) is 0 Å². The van der Waals surface area contributed by atoms with E-state index in [9.17, 15) is 0 Å². The van der Waals surface area contributed by atoms with Crippen LogP contribution in [0.4, 0.5) is 5.69 Å². The summed E-state index contributed by atoms with van der Waals surface area (Å²) in [7, 11) is 4.37. The Kier molecular flexibility index (Phi) is 7.51. The number of hydrogen-bond donors (Lipinski definition) is 0. The highest BCUT2D eigenvalue weighted by molar-refractivity contribution is 5.85. The second kappa shape index (κ2) is 7.75. The van der Waals surface area contributed by atoms with Gasteiger partial charge in [0.1, 0.15) is 0 Å². The molecule has 0 saturated carbocycles. The van der Waals surface area contributed by atoms with Gasteiger partial charge in [-0.05, 0) is 45.1 Å². The van der Waals surface area contributed by atoms with Crippen molar-refractivity contribution in [2.45, 2.75) is 18.9 Å². The van der Waals surface area contributed by atoms with Crippen molar-refractivity contribution < 1.29 is 0 Å². The van der Waals surface area contributed by atoms with Crippen LogP contribution in [-0.2, 0) is 0 Å². The fourth-order valence-corrected chi connectivity index (χ4v) is 2.16. The summed E-state index contributed by atoms with van der Waals surface area (Å²) < 4.78 is 0. The summed E-state index contributed by atoms with van der Waals surface area (Å²) in [5.74, 6) is 0. The standard InChI is InChI=1S/C12H19N3.2ClH/c1-14-8-5-11(6-9-14)15(2)12-4-3-7-13-10-12;;/h3-4,7,10-11H,5-6,8-9H2,1-2H3;2*1H. The van der Waals surface area contributed by atoms with E-state index in [0.29, 0.717) is 6.04 Å². The van der Waals surface area contributed by atoms with E-state index < -0.39 is 0 Å². The van der Waals surface area contributed by atoms with Gasteiger partial charge in [-0.2, -0.15) is 0 Å². The second-order valence-electron chi connectivity index (χ2n) is 4.36. The maximum absolute atomic E-state index is 4.16. The molecule has 0 aromatic carbocycles. The lowest BCUT2D eigenvalue weighted by Gasteiger charge is -2.36. The molecule has 0 atom stereocenters. The van der Waals surface area contributed by atoms with Crippen LogP contribution in [0.15, 0.2) is 24.5 Å². The average molecular weight is 278 g/mol. The van der Waals surface area contributed by atoms with Gasteiger partial charge in [0.15, 0.2) is 0 Å². The van der Waals surface area contributed by atoms with Crippen LogP contribution in [0, 0.1) is 0 Å². The molecule has 1 saturated heterocycles. The van der Waals surface area contributed by atoms with E-state index in [1.807, 2.05) is 18.5 Å². The molecule has 2 rings (SSSR count). The molecule has 0 unspecified atom stereocenters. The minimum Gasteiger partial charge on any atom is -0.370 e. The van der Waals surface area contributed by atoms with Crippen LogP contribution in [0.1, 0.15) is 12.8 Å². The number of piperidine rings is 1. The predicted octanol–water partition coefficient (Wildman–Crippen LogP) is 2.46. The van der Waals surface area contributed by atoms with Crippen molar-refractivity contribution in [3.05, 3.63) is 24.5 Å². The van der Waals surface area contributed by atoms with Crippen molar-refractivity contribution in [1.29, 1.82) is 0 Å². The average Bonchev–Trinajstić information content (AvgIpc) is 2.30. The number of hydrogen-bond acceptors (Lipinski definition) is 3. The minimum atomic E-state index is 0. The Morgan fingerprint density at radius 2 is 1.94 bits per heavy atom. The largest absolute Gasteiger partial charge is 0.370 e. The molecule has 0 N–H and O–H groups in total. The van der Waals surface area contributed by atoms with E-state index in [4.69, 9.17) is 0 Å². The number of nitrogens with zero attached hydrogens (tertiary/aromatic N) is 3. The molecule has 17 heavy (non-hydrogen) atoms. The summed E-state index contributed by atoms with van der Waals surface area (Å²) in [4.78, 5) is 8.92. The zero-order chi connectivity index (χ0) is 10.7. The van der Waals surface area contributed by atoms with Gasteiger partial charge in [0, 0.05) is 19.3 Å². The number of anilines is 1. The van der Waals surface area contributed by atoms with Gasteiger partial charge in [0.25, 0.3) is 0 Å². The SMILES string of the molecule is CN1CCC(N(C)c2cccnc2)CC1.Cl.Cl. The molecular formula is C12H21Cl2N3. The molecule has 1 aromatic heterocycles. The molecule has 1 aliphatic heterocycles. The van der Waals surface area contributed by atoms with Crippen LogP contribution >= 0.6 is 24.8 Å². The highest BCUT2D eigenvalue weighted by Gasteiger charge is 2.20. The second-order valence-corrected chi connectivity index (χ2v) is 4.36. The molecule has 0 aliphatic carbocycles. The summed E-state index contributed by atoms with van der Waals surface area (Å²) >= 11 is 0. The van der Waals surface area contributed by atoms with Gasteiger partial charge in [0.05, 0.1) is 11.9 Å². The normalized spacial score (nSPS) is 16.8. The van der Waals surface area contributed by atoms with Crippen LogP contribution in [0.3, 0.4) is 0 Å². The first-order valence-electron chi connectivity index (χ1n) is 5.59. The van der Waals surface area contributed by atoms with Crippen molar-refractivity contribution in [3.63, 3.8) is 0 Å². The summed E-state index contributed by atoms with van der Waals surface area (Å²) in [6.45, 7) is 2.41. The van der Waals surface area contributed by atoms with Crippen LogP contribution in [0.25, 0.3) is 0 Å². The Hall–Kier alpha value is -0.510. The summed E-state index contributed by atoms with van der Waals surface area (Å²) in [6.07, 6.45) is 6.27. The van der Waals surface area contributed by atoms with E-state index in [-0.39, 0.29) is 24.8 Å². The number of rotatable bonds is 2. The molecule has 0 spiro atoms. The Bertz CT molecular complexity index is 300. The summed E-state index contributed by atoms with van der Waals surface area (Å²) in [5.41, 5.74) is 1.23. The lowest BCUT2D eigenvalue weighted by Crippen LogP contribution is -2.41. The topological polar surface area (TPSA) is 19.4 Å². The van der Waals surface area contributed by atoms with Crippen LogP contribution in [0.2, 0.25) is 0 Å². The van der Waals surface area contributed by atoms with E-state index in [1.165, 1.54) is 31.6 Å². The number of likely N-dealkylation sites (tertiary alicyclic amines) is 1. The molecule has 1 aliphatic rings. The molecule has 0 bridgehead atoms. The van der Waals surface area contributed by atoms with E-state index in [2.05, 4.69) is 34.9 Å². The third-order valence-electron chi connectivity index (χ3n) is 3.29. The molecule has 98 valence electrons. The number of pyridine rings is 1. The van der Waals surface area contributed by atoms with Crippen LogP contribution in [-0.4, -0.2) is 43.1 Å². The molecule has 0 radical (unpaired) electrons. The predicted molar refractivity (Wildman–Crippen MR) is 77.7 cm³/mol. The molecule has 2 heterocycles. The fourth-order valence-electron chi connectivity index (χ4n) is 2.16. The third-order valence-corrected chi connectivity index (χ3v) is 3.29. The molecular weight excluding hydrogens is 257 g/mol. The van der Waals surface area contributed by atoms with Gasteiger partial charge in [-0.25, -0.2) is 0 Å². The van der Waals surface area contributed by atoms with Gasteiger partial charge in [-0.15, -0.1) is 24.8 Å². The molecule has 5 heteroatoms. The first kappa shape index (κ1) is 16.5. The highest BCUT2D eigenvalue weighted by atomic mass is 35.5. The Morgan fingerprint density at radius 3 is 2.47 bits per heavy atom. The first-order chi connectivity index (χ1) is 7.27. The first-order valence-corrected chi connectivity index (χ1v) is 5.59. The van der Waals surface area contributed by atoms with Crippen molar-refractivity contribution in [3.8, 4) is 0 Å². The van der Waals surface area contributed by atoms with Crippen molar-refractivity contribution >= 4 is 30.5 Å².